The van der Waals surface area contributed by atoms with Crippen molar-refractivity contribution >= 4 is 29.9 Å². The lowest BCUT2D eigenvalue weighted by Gasteiger charge is -2.12. The van der Waals surface area contributed by atoms with Crippen molar-refractivity contribution in [2.75, 3.05) is 13.1 Å². The molecule has 1 aromatic rings. The zero-order valence-electron chi connectivity index (χ0n) is 12.3. The number of hydrogen-bond acceptors (Lipinski definition) is 2. The topological polar surface area (TPSA) is 49.6 Å². The van der Waals surface area contributed by atoms with Crippen LogP contribution in [0.25, 0.3) is 0 Å². The van der Waals surface area contributed by atoms with Crippen LogP contribution in [0.3, 0.4) is 0 Å². The number of halogens is 4. The van der Waals surface area contributed by atoms with Gasteiger partial charge in [0.05, 0.1) is 13.0 Å². The highest BCUT2D eigenvalue weighted by atomic mass is 127. The summed E-state index contributed by atoms with van der Waals surface area (Å²) in [5.41, 5.74) is 0.926. The number of alkyl halides is 3. The van der Waals surface area contributed by atoms with Gasteiger partial charge in [-0.05, 0) is 26.8 Å². The molecule has 0 fully saturated rings. The molecule has 0 spiro atoms. The number of nitrogens with zero attached hydrogens (tertiary/aromatic N) is 1. The van der Waals surface area contributed by atoms with E-state index < -0.39 is 12.6 Å². The van der Waals surface area contributed by atoms with E-state index in [4.69, 9.17) is 4.42 Å². The van der Waals surface area contributed by atoms with Crippen molar-refractivity contribution in [3.8, 4) is 0 Å². The molecule has 0 amide bonds. The molecule has 1 aromatic heterocycles. The Labute approximate surface area is 139 Å². The Morgan fingerprint density at radius 2 is 1.95 bits per heavy atom. The first-order valence-corrected chi connectivity index (χ1v) is 6.46. The summed E-state index contributed by atoms with van der Waals surface area (Å²) in [6.07, 6.45) is -5.05. The van der Waals surface area contributed by atoms with Gasteiger partial charge >= 0.3 is 6.18 Å². The van der Waals surface area contributed by atoms with E-state index in [1.54, 1.807) is 0 Å². The van der Waals surface area contributed by atoms with Crippen LogP contribution in [0.1, 0.15) is 30.4 Å². The van der Waals surface area contributed by atoms with E-state index in [2.05, 4.69) is 15.6 Å². The van der Waals surface area contributed by atoms with Crippen LogP contribution in [0, 0.1) is 13.8 Å². The van der Waals surface area contributed by atoms with Gasteiger partial charge in [0, 0.05) is 18.7 Å². The van der Waals surface area contributed by atoms with Gasteiger partial charge in [0.15, 0.2) is 5.96 Å². The summed E-state index contributed by atoms with van der Waals surface area (Å²) in [7, 11) is 0. The van der Waals surface area contributed by atoms with Crippen LogP contribution in [0.4, 0.5) is 13.2 Å². The molecule has 2 N–H and O–H groups in total. The maximum Gasteiger partial charge on any atom is 0.390 e. The number of rotatable bonds is 5. The summed E-state index contributed by atoms with van der Waals surface area (Å²) in [6.45, 7) is 6.29. The molecule has 0 bridgehead atoms. The third-order valence-corrected chi connectivity index (χ3v) is 2.60. The van der Waals surface area contributed by atoms with Gasteiger partial charge in [-0.2, -0.15) is 13.2 Å². The normalized spacial score (nSPS) is 12.0. The summed E-state index contributed by atoms with van der Waals surface area (Å²) >= 11 is 0. The van der Waals surface area contributed by atoms with Crippen LogP contribution in [0.2, 0.25) is 0 Å². The Balaban J connectivity index is 0.00000400. The van der Waals surface area contributed by atoms with Gasteiger partial charge in [0.1, 0.15) is 11.5 Å². The van der Waals surface area contributed by atoms with Crippen molar-refractivity contribution < 1.29 is 17.6 Å². The highest BCUT2D eigenvalue weighted by molar-refractivity contribution is 14.0. The Morgan fingerprint density at radius 1 is 1.29 bits per heavy atom. The summed E-state index contributed by atoms with van der Waals surface area (Å²) in [4.78, 5) is 4.24. The van der Waals surface area contributed by atoms with Gasteiger partial charge in [-0.3, -0.25) is 0 Å². The third-order valence-electron chi connectivity index (χ3n) is 2.60. The molecule has 0 aliphatic heterocycles. The summed E-state index contributed by atoms with van der Waals surface area (Å²) in [5.74, 6) is 1.94. The minimum absolute atomic E-state index is 0. The molecule has 1 heterocycles. The van der Waals surface area contributed by atoms with Crippen LogP contribution < -0.4 is 10.6 Å². The number of nitrogens with one attached hydrogen (secondary N) is 2. The number of aryl methyl sites for hydroxylation is 2. The second-order valence-electron chi connectivity index (χ2n) is 4.43. The SMILES string of the molecule is CCNC(=NCc1cc(C)oc1C)NCCC(F)(F)F.I. The monoisotopic (exact) mass is 419 g/mol. The molecule has 122 valence electrons. The Hall–Kier alpha value is -0.930. The van der Waals surface area contributed by atoms with Crippen LogP contribution in [0.5, 0.6) is 0 Å². The molecule has 0 radical (unpaired) electrons. The van der Waals surface area contributed by atoms with E-state index in [0.29, 0.717) is 19.0 Å². The number of aliphatic imine (C=N–C) groups is 1. The fraction of sp³-hybridized carbons (Fsp3) is 0.615. The lowest BCUT2D eigenvalue weighted by Crippen LogP contribution is -2.38. The van der Waals surface area contributed by atoms with Crippen molar-refractivity contribution in [1.82, 2.24) is 10.6 Å². The van der Waals surface area contributed by atoms with Crippen LogP contribution in [-0.2, 0) is 6.54 Å². The molecule has 1 rings (SSSR count). The van der Waals surface area contributed by atoms with Crippen molar-refractivity contribution in [2.45, 2.75) is 39.9 Å². The first-order valence-electron chi connectivity index (χ1n) is 6.46. The highest BCUT2D eigenvalue weighted by Crippen LogP contribution is 2.18. The quantitative estimate of drug-likeness (QED) is 0.436. The molecule has 8 heteroatoms. The molecule has 4 nitrogen and oxygen atoms in total. The predicted molar refractivity (Wildman–Crippen MR) is 87.1 cm³/mol. The van der Waals surface area contributed by atoms with Crippen LogP contribution in [-0.4, -0.2) is 25.2 Å². The Kier molecular flexibility index (Phi) is 8.76. The van der Waals surface area contributed by atoms with Crippen molar-refractivity contribution in [3.05, 3.63) is 23.2 Å². The standard InChI is InChI=1S/C13H20F3N3O.HI/c1-4-17-12(18-6-5-13(14,15)16)19-8-11-7-9(2)20-10(11)3;/h7H,4-6,8H2,1-3H3,(H2,17,18,19);1H. The van der Waals surface area contributed by atoms with E-state index in [0.717, 1.165) is 17.1 Å². The van der Waals surface area contributed by atoms with E-state index in [9.17, 15) is 13.2 Å². The second-order valence-corrected chi connectivity index (χ2v) is 4.43. The van der Waals surface area contributed by atoms with Crippen LogP contribution >= 0.6 is 24.0 Å². The lowest BCUT2D eigenvalue weighted by atomic mass is 10.2. The zero-order chi connectivity index (χ0) is 15.2. The third kappa shape index (κ3) is 8.18. The Morgan fingerprint density at radius 3 is 2.43 bits per heavy atom. The molecule has 21 heavy (non-hydrogen) atoms. The molecule has 0 aliphatic carbocycles. The highest BCUT2D eigenvalue weighted by Gasteiger charge is 2.26. The van der Waals surface area contributed by atoms with Crippen molar-refractivity contribution in [2.24, 2.45) is 4.99 Å². The average Bonchev–Trinajstić information content (AvgIpc) is 2.63. The van der Waals surface area contributed by atoms with E-state index in [-0.39, 0.29) is 30.5 Å². The lowest BCUT2D eigenvalue weighted by molar-refractivity contribution is -0.132. The van der Waals surface area contributed by atoms with Gasteiger partial charge in [-0.25, -0.2) is 4.99 Å². The molecule has 0 aliphatic rings. The number of furan rings is 1. The van der Waals surface area contributed by atoms with Crippen molar-refractivity contribution in [1.29, 1.82) is 0 Å². The zero-order valence-corrected chi connectivity index (χ0v) is 14.6. The summed E-state index contributed by atoms with van der Waals surface area (Å²) < 4.78 is 41.6. The van der Waals surface area contributed by atoms with Crippen molar-refractivity contribution in [3.63, 3.8) is 0 Å². The largest absolute Gasteiger partial charge is 0.466 e. The van der Waals surface area contributed by atoms with Gasteiger partial charge in [0.2, 0.25) is 0 Å². The molecular formula is C13H21F3IN3O. The molecule has 0 saturated carbocycles. The smallest absolute Gasteiger partial charge is 0.390 e. The first-order chi connectivity index (χ1) is 9.31. The Bertz CT molecular complexity index is 458. The first kappa shape index (κ1) is 20.1. The van der Waals surface area contributed by atoms with E-state index in [1.165, 1.54) is 0 Å². The summed E-state index contributed by atoms with van der Waals surface area (Å²) in [5, 5.41) is 5.57. The predicted octanol–water partition coefficient (Wildman–Crippen LogP) is 3.52. The molecular weight excluding hydrogens is 398 g/mol. The minimum atomic E-state index is -4.16. The summed E-state index contributed by atoms with van der Waals surface area (Å²) in [6, 6.07) is 1.87. The van der Waals surface area contributed by atoms with Crippen LogP contribution in [0.15, 0.2) is 15.5 Å². The molecule has 0 unspecified atom stereocenters. The fourth-order valence-electron chi connectivity index (χ4n) is 1.67. The number of hydrogen-bond donors (Lipinski definition) is 2. The maximum absolute atomic E-state index is 12.1. The van der Waals surface area contributed by atoms with Gasteiger partial charge in [-0.15, -0.1) is 24.0 Å². The molecule has 0 aromatic carbocycles. The second kappa shape index (κ2) is 9.16. The van der Waals surface area contributed by atoms with E-state index >= 15 is 0 Å². The van der Waals surface area contributed by atoms with Gasteiger partial charge < -0.3 is 15.1 Å². The number of guanidine groups is 1. The fourth-order valence-corrected chi connectivity index (χ4v) is 1.67. The molecule has 0 saturated heterocycles. The molecule has 0 atom stereocenters. The van der Waals surface area contributed by atoms with Gasteiger partial charge in [-0.1, -0.05) is 0 Å². The van der Waals surface area contributed by atoms with E-state index in [1.807, 2.05) is 26.8 Å². The minimum Gasteiger partial charge on any atom is -0.466 e. The van der Waals surface area contributed by atoms with Gasteiger partial charge in [0.25, 0.3) is 0 Å². The maximum atomic E-state index is 12.1. The average molecular weight is 419 g/mol.